The third kappa shape index (κ3) is 4.95. The molecule has 0 N–H and O–H groups in total. The number of benzene rings is 2. The van der Waals surface area contributed by atoms with E-state index in [0.717, 1.165) is 55.2 Å². The average Bonchev–Trinajstić information content (AvgIpc) is 2.87. The summed E-state index contributed by atoms with van der Waals surface area (Å²) >= 11 is 0. The Labute approximate surface area is 207 Å². The van der Waals surface area contributed by atoms with Crippen LogP contribution in [0.1, 0.15) is 77.1 Å². The van der Waals surface area contributed by atoms with E-state index in [0.29, 0.717) is 23.5 Å². The first-order valence-electron chi connectivity index (χ1n) is 12.4. The molecule has 1 unspecified atom stereocenters. The Bertz CT molecular complexity index is 1080. The number of nitrogens with zero attached hydrogens (tertiary/aromatic N) is 1. The van der Waals surface area contributed by atoms with Gasteiger partial charge >= 0.3 is 5.97 Å². The first kappa shape index (κ1) is 25.3. The van der Waals surface area contributed by atoms with Crippen LogP contribution in [0, 0.1) is 11.8 Å². The molecular weight excluding hydrogens is 442 g/mol. The molecule has 186 valence electrons. The number of rotatable bonds is 8. The maximum absolute atomic E-state index is 13.5. The number of ether oxygens (including phenoxy) is 2. The van der Waals surface area contributed by atoms with E-state index in [1.165, 1.54) is 7.11 Å². The number of carbonyl (C=O) groups is 3. The number of hydrogen-bond acceptors (Lipinski definition) is 6. The first-order valence-corrected chi connectivity index (χ1v) is 12.4. The van der Waals surface area contributed by atoms with Crippen LogP contribution in [0.3, 0.4) is 0 Å². The summed E-state index contributed by atoms with van der Waals surface area (Å²) in [6, 6.07) is 13.2. The molecule has 4 rings (SSSR count). The summed E-state index contributed by atoms with van der Waals surface area (Å²) in [7, 11) is 1.53. The minimum absolute atomic E-state index is 0.0323. The monoisotopic (exact) mass is 477 g/mol. The fraction of sp³-hybridized carbons (Fsp3) is 0.483. The van der Waals surface area contributed by atoms with Gasteiger partial charge in [0.2, 0.25) is 0 Å². The predicted molar refractivity (Wildman–Crippen MR) is 133 cm³/mol. The van der Waals surface area contributed by atoms with Crippen LogP contribution in [0.25, 0.3) is 0 Å². The molecule has 0 saturated carbocycles. The molecule has 2 aliphatic rings. The van der Waals surface area contributed by atoms with Crippen molar-refractivity contribution >= 4 is 18.5 Å². The number of piperidine rings is 1. The summed E-state index contributed by atoms with van der Waals surface area (Å²) in [6.07, 6.45) is 3.64. The normalized spacial score (nSPS) is 23.6. The van der Waals surface area contributed by atoms with E-state index in [2.05, 4.69) is 18.7 Å². The highest BCUT2D eigenvalue weighted by Gasteiger charge is 2.44. The van der Waals surface area contributed by atoms with Crippen LogP contribution >= 0.6 is 0 Å². The Kier molecular flexibility index (Phi) is 7.53. The minimum atomic E-state index is -1.20. The topological polar surface area (TPSA) is 72.9 Å². The molecule has 0 amide bonds. The van der Waals surface area contributed by atoms with Gasteiger partial charge in [-0.2, -0.15) is 0 Å². The maximum atomic E-state index is 13.5. The fourth-order valence-corrected chi connectivity index (χ4v) is 5.67. The Morgan fingerprint density at radius 3 is 2.46 bits per heavy atom. The van der Waals surface area contributed by atoms with Crippen LogP contribution in [0.4, 0.5) is 0 Å². The lowest BCUT2D eigenvalue weighted by molar-refractivity contribution is -0.182. The van der Waals surface area contributed by atoms with Crippen LogP contribution in [-0.2, 0) is 26.3 Å². The van der Waals surface area contributed by atoms with E-state index in [4.69, 9.17) is 9.47 Å². The summed E-state index contributed by atoms with van der Waals surface area (Å²) < 4.78 is 12.0. The lowest BCUT2D eigenvalue weighted by Crippen LogP contribution is -2.51. The van der Waals surface area contributed by atoms with E-state index >= 15 is 0 Å². The largest absolute Gasteiger partial charge is 0.460 e. The van der Waals surface area contributed by atoms with E-state index in [1.54, 1.807) is 6.92 Å². The molecule has 0 aromatic heterocycles. The van der Waals surface area contributed by atoms with Crippen molar-refractivity contribution in [1.29, 1.82) is 0 Å². The van der Waals surface area contributed by atoms with Crippen molar-refractivity contribution < 1.29 is 23.9 Å². The predicted octanol–water partition coefficient (Wildman–Crippen LogP) is 4.75. The Morgan fingerprint density at radius 1 is 1.14 bits per heavy atom. The van der Waals surface area contributed by atoms with Gasteiger partial charge in [-0.1, -0.05) is 44.2 Å². The molecule has 2 heterocycles. The van der Waals surface area contributed by atoms with Crippen LogP contribution in [0.2, 0.25) is 0 Å². The average molecular weight is 478 g/mol. The third-order valence-electron chi connectivity index (χ3n) is 7.67. The lowest BCUT2D eigenvalue weighted by atomic mass is 9.78. The van der Waals surface area contributed by atoms with Crippen molar-refractivity contribution in [3.8, 4) is 0 Å². The number of carbonyl (C=O) groups excluding carboxylic acids is 3. The molecule has 2 aliphatic heterocycles. The van der Waals surface area contributed by atoms with Gasteiger partial charge in [-0.15, -0.1) is 0 Å². The molecule has 1 saturated heterocycles. The van der Waals surface area contributed by atoms with Crippen LogP contribution in [0.15, 0.2) is 42.5 Å². The second kappa shape index (κ2) is 10.4. The summed E-state index contributed by atoms with van der Waals surface area (Å²) in [5.74, 6) is 0.280. The van der Waals surface area contributed by atoms with Crippen molar-refractivity contribution in [1.82, 2.24) is 4.90 Å². The molecule has 6 heteroatoms. The zero-order valence-corrected chi connectivity index (χ0v) is 21.0. The van der Waals surface area contributed by atoms with Gasteiger partial charge in [0.1, 0.15) is 6.10 Å². The number of fused-ring (bicyclic) bond motifs is 3. The summed E-state index contributed by atoms with van der Waals surface area (Å²) in [5.41, 5.74) is 2.56. The molecule has 0 radical (unpaired) electrons. The van der Waals surface area contributed by atoms with Crippen LogP contribution in [0.5, 0.6) is 0 Å². The first-order chi connectivity index (χ1) is 16.8. The van der Waals surface area contributed by atoms with E-state index in [9.17, 15) is 14.4 Å². The van der Waals surface area contributed by atoms with Gasteiger partial charge in [0.25, 0.3) is 0 Å². The third-order valence-corrected chi connectivity index (χ3v) is 7.67. The standard InChI is InChI=1S/C29H35NO5/c1-19(2)12-21-16-30-11-10-20-13-22(17-31)23(18-32)14-25(20)26(30)15-27(21)35-28(33)29(3,34-4)24-8-6-5-7-9-24/h5-9,13-14,17-19,21,26-27H,10-12,15-16H2,1-4H3/t21-,26+,27-,29?/m1/s1. The minimum Gasteiger partial charge on any atom is -0.460 e. The van der Waals surface area contributed by atoms with Gasteiger partial charge in [-0.05, 0) is 54.5 Å². The Morgan fingerprint density at radius 2 is 1.83 bits per heavy atom. The van der Waals surface area contributed by atoms with Gasteiger partial charge in [-0.25, -0.2) is 4.79 Å². The second-order valence-corrected chi connectivity index (χ2v) is 10.3. The molecule has 0 spiro atoms. The molecule has 2 aromatic rings. The Hall–Kier alpha value is -2.83. The molecule has 6 nitrogen and oxygen atoms in total. The summed E-state index contributed by atoms with van der Waals surface area (Å²) in [5, 5.41) is 0. The van der Waals surface area contributed by atoms with Gasteiger partial charge in [0.05, 0.1) is 0 Å². The second-order valence-electron chi connectivity index (χ2n) is 10.3. The zero-order chi connectivity index (χ0) is 25.2. The summed E-state index contributed by atoms with van der Waals surface area (Å²) in [4.78, 5) is 39.1. The van der Waals surface area contributed by atoms with Gasteiger partial charge in [0, 0.05) is 49.7 Å². The van der Waals surface area contributed by atoms with Crippen molar-refractivity contribution in [2.75, 3.05) is 20.2 Å². The number of aldehydes is 2. The van der Waals surface area contributed by atoms with E-state index < -0.39 is 5.60 Å². The number of hydrogen-bond donors (Lipinski definition) is 0. The molecule has 0 aliphatic carbocycles. The highest BCUT2D eigenvalue weighted by molar-refractivity contribution is 5.91. The smallest absolute Gasteiger partial charge is 0.343 e. The van der Waals surface area contributed by atoms with E-state index in [1.807, 2.05) is 42.5 Å². The van der Waals surface area contributed by atoms with Crippen molar-refractivity contribution in [3.05, 3.63) is 70.3 Å². The van der Waals surface area contributed by atoms with E-state index in [-0.39, 0.29) is 24.0 Å². The van der Waals surface area contributed by atoms with Gasteiger partial charge < -0.3 is 9.47 Å². The number of methoxy groups -OCH3 is 1. The SMILES string of the molecule is COC(C)(C(=O)O[C@@H]1C[C@H]2c3cc(C=O)c(C=O)cc3CCN2C[C@H]1CC(C)C)c1ccccc1. The summed E-state index contributed by atoms with van der Waals surface area (Å²) in [6.45, 7) is 7.84. The van der Waals surface area contributed by atoms with Crippen molar-refractivity contribution in [2.45, 2.75) is 57.8 Å². The van der Waals surface area contributed by atoms with Crippen LogP contribution < -0.4 is 0 Å². The number of esters is 1. The van der Waals surface area contributed by atoms with Crippen molar-refractivity contribution in [3.63, 3.8) is 0 Å². The molecule has 4 atom stereocenters. The quantitative estimate of drug-likeness (QED) is 0.404. The van der Waals surface area contributed by atoms with Crippen molar-refractivity contribution in [2.24, 2.45) is 11.8 Å². The zero-order valence-electron chi connectivity index (χ0n) is 21.0. The maximum Gasteiger partial charge on any atom is 0.343 e. The molecular formula is C29H35NO5. The van der Waals surface area contributed by atoms with Gasteiger partial charge in [0.15, 0.2) is 18.2 Å². The highest BCUT2D eigenvalue weighted by atomic mass is 16.6. The van der Waals surface area contributed by atoms with Crippen LogP contribution in [-0.4, -0.2) is 49.7 Å². The molecule has 0 bridgehead atoms. The fourth-order valence-electron chi connectivity index (χ4n) is 5.67. The Balaban J connectivity index is 1.65. The molecule has 35 heavy (non-hydrogen) atoms. The molecule has 2 aromatic carbocycles. The highest BCUT2D eigenvalue weighted by Crippen LogP contribution is 2.42. The lowest BCUT2D eigenvalue weighted by Gasteiger charge is -2.47. The molecule has 1 fully saturated rings. The van der Waals surface area contributed by atoms with Gasteiger partial charge in [-0.3, -0.25) is 14.5 Å².